The van der Waals surface area contributed by atoms with Gasteiger partial charge in [-0.05, 0) is 29.3 Å². The first-order valence-electron chi connectivity index (χ1n) is 5.65. The Hall–Kier alpha value is -1.25. The van der Waals surface area contributed by atoms with Crippen LogP contribution in [-0.4, -0.2) is 23.7 Å². The molecule has 2 aromatic rings. The Labute approximate surface area is 106 Å². The maximum atomic E-state index is 9.51. The van der Waals surface area contributed by atoms with Crippen LogP contribution in [0.3, 0.4) is 0 Å². The standard InChI is InChI=1S/C14H15ClO2/c15-8-7-13(16)10-17-14-6-5-11-3-1-2-4-12(11)9-14/h1-6,9,13,16H,7-8,10H2. The van der Waals surface area contributed by atoms with Gasteiger partial charge >= 0.3 is 0 Å². The van der Waals surface area contributed by atoms with E-state index in [9.17, 15) is 5.11 Å². The van der Waals surface area contributed by atoms with Gasteiger partial charge in [-0.2, -0.15) is 0 Å². The number of rotatable bonds is 5. The van der Waals surface area contributed by atoms with Gasteiger partial charge in [0.15, 0.2) is 0 Å². The summed E-state index contributed by atoms with van der Waals surface area (Å²) < 4.78 is 5.52. The molecular formula is C14H15ClO2. The van der Waals surface area contributed by atoms with Crippen molar-refractivity contribution in [3.63, 3.8) is 0 Å². The highest BCUT2D eigenvalue weighted by Gasteiger charge is 2.04. The molecule has 0 radical (unpaired) electrons. The number of hydrogen-bond acceptors (Lipinski definition) is 2. The molecule has 0 aliphatic heterocycles. The fourth-order valence-electron chi connectivity index (χ4n) is 1.66. The van der Waals surface area contributed by atoms with E-state index in [4.69, 9.17) is 16.3 Å². The quantitative estimate of drug-likeness (QED) is 0.826. The van der Waals surface area contributed by atoms with Crippen molar-refractivity contribution in [2.75, 3.05) is 12.5 Å². The molecule has 90 valence electrons. The first-order chi connectivity index (χ1) is 8.29. The fourth-order valence-corrected chi connectivity index (χ4v) is 1.91. The predicted molar refractivity (Wildman–Crippen MR) is 70.8 cm³/mol. The highest BCUT2D eigenvalue weighted by molar-refractivity contribution is 6.17. The first kappa shape index (κ1) is 12.2. The third kappa shape index (κ3) is 3.35. The van der Waals surface area contributed by atoms with Crippen molar-refractivity contribution in [1.82, 2.24) is 0 Å². The molecule has 0 aromatic heterocycles. The molecule has 1 unspecified atom stereocenters. The van der Waals surface area contributed by atoms with Crippen LogP contribution in [0.5, 0.6) is 5.75 Å². The summed E-state index contributed by atoms with van der Waals surface area (Å²) in [4.78, 5) is 0. The van der Waals surface area contributed by atoms with Gasteiger partial charge in [0.05, 0.1) is 6.10 Å². The summed E-state index contributed by atoms with van der Waals surface area (Å²) in [5, 5.41) is 11.8. The molecule has 1 atom stereocenters. The minimum Gasteiger partial charge on any atom is -0.491 e. The summed E-state index contributed by atoms with van der Waals surface area (Å²) in [7, 11) is 0. The molecule has 0 bridgehead atoms. The third-order valence-electron chi connectivity index (χ3n) is 2.61. The van der Waals surface area contributed by atoms with Crippen molar-refractivity contribution < 1.29 is 9.84 Å². The molecule has 0 aliphatic rings. The molecule has 0 heterocycles. The first-order valence-corrected chi connectivity index (χ1v) is 6.18. The summed E-state index contributed by atoms with van der Waals surface area (Å²) in [6, 6.07) is 14.0. The molecule has 0 fully saturated rings. The van der Waals surface area contributed by atoms with E-state index in [2.05, 4.69) is 6.07 Å². The monoisotopic (exact) mass is 250 g/mol. The smallest absolute Gasteiger partial charge is 0.120 e. The third-order valence-corrected chi connectivity index (χ3v) is 2.82. The number of aliphatic hydroxyl groups excluding tert-OH is 1. The highest BCUT2D eigenvalue weighted by atomic mass is 35.5. The van der Waals surface area contributed by atoms with E-state index in [0.29, 0.717) is 12.3 Å². The SMILES string of the molecule is OC(CCCl)COc1ccc2ccccc2c1. The molecular weight excluding hydrogens is 236 g/mol. The Morgan fingerprint density at radius 1 is 1.12 bits per heavy atom. The van der Waals surface area contributed by atoms with Crippen molar-refractivity contribution in [1.29, 1.82) is 0 Å². The van der Waals surface area contributed by atoms with E-state index in [1.807, 2.05) is 36.4 Å². The normalized spacial score (nSPS) is 12.6. The van der Waals surface area contributed by atoms with E-state index < -0.39 is 6.10 Å². The molecule has 2 rings (SSSR count). The predicted octanol–water partition coefficient (Wildman–Crippen LogP) is 3.21. The number of alkyl halides is 1. The van der Waals surface area contributed by atoms with Gasteiger partial charge in [-0.1, -0.05) is 30.3 Å². The molecule has 0 amide bonds. The van der Waals surface area contributed by atoms with Crippen molar-refractivity contribution >= 4 is 22.4 Å². The molecule has 3 heteroatoms. The lowest BCUT2D eigenvalue weighted by molar-refractivity contribution is 0.105. The topological polar surface area (TPSA) is 29.5 Å². The number of ether oxygens (including phenoxy) is 1. The van der Waals surface area contributed by atoms with Crippen LogP contribution < -0.4 is 4.74 Å². The summed E-state index contributed by atoms with van der Waals surface area (Å²) in [5.41, 5.74) is 0. The van der Waals surface area contributed by atoms with E-state index in [1.54, 1.807) is 0 Å². The molecule has 2 aromatic carbocycles. The molecule has 17 heavy (non-hydrogen) atoms. The van der Waals surface area contributed by atoms with Crippen LogP contribution in [0, 0.1) is 0 Å². The Morgan fingerprint density at radius 2 is 1.88 bits per heavy atom. The number of aliphatic hydroxyl groups is 1. The molecule has 0 saturated heterocycles. The van der Waals surface area contributed by atoms with Crippen LogP contribution in [0.2, 0.25) is 0 Å². The van der Waals surface area contributed by atoms with Gasteiger partial charge in [-0.15, -0.1) is 11.6 Å². The van der Waals surface area contributed by atoms with E-state index in [-0.39, 0.29) is 6.61 Å². The zero-order valence-corrected chi connectivity index (χ0v) is 10.2. The summed E-state index contributed by atoms with van der Waals surface area (Å²) in [6.45, 7) is 0.283. The van der Waals surface area contributed by atoms with E-state index in [0.717, 1.165) is 11.1 Å². The van der Waals surface area contributed by atoms with Gasteiger partial charge in [0.1, 0.15) is 12.4 Å². The van der Waals surface area contributed by atoms with Gasteiger partial charge in [0.2, 0.25) is 0 Å². The van der Waals surface area contributed by atoms with Crippen molar-refractivity contribution in [3.05, 3.63) is 42.5 Å². The average Bonchev–Trinajstić information content (AvgIpc) is 2.36. The summed E-state index contributed by atoms with van der Waals surface area (Å²) in [6.07, 6.45) is 0.0498. The Balaban J connectivity index is 2.04. The van der Waals surface area contributed by atoms with Crippen molar-refractivity contribution in [2.24, 2.45) is 0 Å². The number of benzene rings is 2. The molecule has 0 spiro atoms. The van der Waals surface area contributed by atoms with Gasteiger partial charge in [-0.25, -0.2) is 0 Å². The van der Waals surface area contributed by atoms with Gasteiger partial charge in [-0.3, -0.25) is 0 Å². The largest absolute Gasteiger partial charge is 0.491 e. The Morgan fingerprint density at radius 3 is 2.65 bits per heavy atom. The lowest BCUT2D eigenvalue weighted by atomic mass is 10.1. The van der Waals surface area contributed by atoms with Gasteiger partial charge in [0, 0.05) is 5.88 Å². The molecule has 1 N–H and O–H groups in total. The second-order valence-electron chi connectivity index (χ2n) is 3.95. The van der Waals surface area contributed by atoms with Crippen LogP contribution in [0.25, 0.3) is 10.8 Å². The zero-order valence-electron chi connectivity index (χ0n) is 9.47. The van der Waals surface area contributed by atoms with Crippen molar-refractivity contribution in [3.8, 4) is 5.75 Å². The molecule has 0 aliphatic carbocycles. The van der Waals surface area contributed by atoms with Gasteiger partial charge in [0.25, 0.3) is 0 Å². The maximum absolute atomic E-state index is 9.51. The van der Waals surface area contributed by atoms with Crippen LogP contribution in [0.1, 0.15) is 6.42 Å². The Bertz CT molecular complexity index is 484. The van der Waals surface area contributed by atoms with Crippen LogP contribution in [-0.2, 0) is 0 Å². The summed E-state index contributed by atoms with van der Waals surface area (Å²) in [5.74, 6) is 1.22. The summed E-state index contributed by atoms with van der Waals surface area (Å²) >= 11 is 5.54. The molecule has 0 saturated carbocycles. The highest BCUT2D eigenvalue weighted by Crippen LogP contribution is 2.20. The van der Waals surface area contributed by atoms with E-state index >= 15 is 0 Å². The second-order valence-corrected chi connectivity index (χ2v) is 4.33. The maximum Gasteiger partial charge on any atom is 0.120 e. The van der Waals surface area contributed by atoms with Crippen molar-refractivity contribution in [2.45, 2.75) is 12.5 Å². The van der Waals surface area contributed by atoms with Crippen LogP contribution >= 0.6 is 11.6 Å². The van der Waals surface area contributed by atoms with E-state index in [1.165, 1.54) is 5.39 Å². The van der Waals surface area contributed by atoms with Crippen LogP contribution in [0.4, 0.5) is 0 Å². The Kier molecular flexibility index (Phi) is 4.24. The minimum atomic E-state index is -0.501. The zero-order chi connectivity index (χ0) is 12.1. The minimum absolute atomic E-state index is 0.283. The number of halogens is 1. The second kappa shape index (κ2) is 5.89. The van der Waals surface area contributed by atoms with Gasteiger partial charge < -0.3 is 9.84 Å². The fraction of sp³-hybridized carbons (Fsp3) is 0.286. The lowest BCUT2D eigenvalue weighted by Crippen LogP contribution is -2.17. The average molecular weight is 251 g/mol. The lowest BCUT2D eigenvalue weighted by Gasteiger charge is -2.11. The molecule has 2 nitrogen and oxygen atoms in total. The van der Waals surface area contributed by atoms with Crippen LogP contribution in [0.15, 0.2) is 42.5 Å². The number of hydrogen-bond donors (Lipinski definition) is 1. The number of fused-ring (bicyclic) bond motifs is 1.